The number of nitrogens with two attached hydrogens (primary N) is 2. The van der Waals surface area contributed by atoms with Gasteiger partial charge in [-0.15, -0.1) is 0 Å². The van der Waals surface area contributed by atoms with Crippen LogP contribution in [0.15, 0.2) is 0 Å². The SMILES string of the molecule is C[C@H](CN)CC(N)=O. The minimum absolute atomic E-state index is 0.229. The van der Waals surface area contributed by atoms with E-state index in [1.807, 2.05) is 6.92 Å². The number of primary amides is 1. The van der Waals surface area contributed by atoms with Crippen molar-refractivity contribution >= 4 is 5.91 Å². The van der Waals surface area contributed by atoms with Gasteiger partial charge in [-0.25, -0.2) is 0 Å². The van der Waals surface area contributed by atoms with Crippen LogP contribution in [0.5, 0.6) is 0 Å². The Bertz CT molecular complexity index is 82.5. The van der Waals surface area contributed by atoms with Crippen molar-refractivity contribution in [2.75, 3.05) is 6.54 Å². The van der Waals surface area contributed by atoms with Gasteiger partial charge in [-0.3, -0.25) is 4.79 Å². The molecule has 48 valence electrons. The van der Waals surface area contributed by atoms with E-state index in [4.69, 9.17) is 11.5 Å². The molecule has 3 nitrogen and oxygen atoms in total. The highest BCUT2D eigenvalue weighted by Gasteiger charge is 2.01. The molecule has 1 atom stereocenters. The summed E-state index contributed by atoms with van der Waals surface area (Å²) in [5.74, 6) is -0.0459. The summed E-state index contributed by atoms with van der Waals surface area (Å²) in [5.41, 5.74) is 10.1. The smallest absolute Gasteiger partial charge is 0.217 e. The van der Waals surface area contributed by atoms with E-state index in [0.717, 1.165) is 0 Å². The van der Waals surface area contributed by atoms with Gasteiger partial charge in [0.2, 0.25) is 5.91 Å². The van der Waals surface area contributed by atoms with Crippen LogP contribution in [-0.2, 0) is 4.79 Å². The summed E-state index contributed by atoms with van der Waals surface area (Å²) in [6.07, 6.45) is 0.399. The molecule has 0 bridgehead atoms. The highest BCUT2D eigenvalue weighted by molar-refractivity contribution is 5.73. The van der Waals surface area contributed by atoms with Crippen molar-refractivity contribution in [3.05, 3.63) is 0 Å². The maximum atomic E-state index is 10.1. The van der Waals surface area contributed by atoms with Gasteiger partial charge in [0, 0.05) is 6.42 Å². The Balaban J connectivity index is 3.24. The van der Waals surface area contributed by atoms with Crippen LogP contribution in [0.4, 0.5) is 0 Å². The summed E-state index contributed by atoms with van der Waals surface area (Å²) >= 11 is 0. The maximum absolute atomic E-state index is 10.1. The Morgan fingerprint density at radius 2 is 2.25 bits per heavy atom. The molecule has 0 aliphatic carbocycles. The molecule has 0 aromatic heterocycles. The third-order valence-corrected chi connectivity index (χ3v) is 0.952. The van der Waals surface area contributed by atoms with Crippen molar-refractivity contribution in [3.63, 3.8) is 0 Å². The minimum Gasteiger partial charge on any atom is -0.370 e. The Morgan fingerprint density at radius 1 is 1.75 bits per heavy atom. The number of carbonyl (C=O) groups excluding carboxylic acids is 1. The Kier molecular flexibility index (Phi) is 3.19. The van der Waals surface area contributed by atoms with Gasteiger partial charge in [-0.2, -0.15) is 0 Å². The molecular formula is C5H12N2O. The van der Waals surface area contributed by atoms with Crippen LogP contribution >= 0.6 is 0 Å². The fourth-order valence-corrected chi connectivity index (χ4v) is 0.427. The number of rotatable bonds is 3. The lowest BCUT2D eigenvalue weighted by Crippen LogP contribution is -2.19. The Labute approximate surface area is 49.0 Å². The number of amides is 1. The first-order chi connectivity index (χ1) is 3.66. The van der Waals surface area contributed by atoms with E-state index in [-0.39, 0.29) is 11.8 Å². The van der Waals surface area contributed by atoms with Gasteiger partial charge in [0.15, 0.2) is 0 Å². The zero-order valence-corrected chi connectivity index (χ0v) is 5.05. The summed E-state index contributed by atoms with van der Waals surface area (Å²) < 4.78 is 0. The lowest BCUT2D eigenvalue weighted by Gasteiger charge is -2.01. The summed E-state index contributed by atoms with van der Waals surface area (Å²) in [7, 11) is 0. The first-order valence-electron chi connectivity index (χ1n) is 2.65. The number of hydrogen-bond acceptors (Lipinski definition) is 2. The van der Waals surface area contributed by atoms with Gasteiger partial charge >= 0.3 is 0 Å². The van der Waals surface area contributed by atoms with Crippen molar-refractivity contribution in [2.24, 2.45) is 17.4 Å². The third kappa shape index (κ3) is 3.61. The molecule has 0 aliphatic heterocycles. The molecule has 8 heavy (non-hydrogen) atoms. The molecule has 0 aliphatic rings. The van der Waals surface area contributed by atoms with Crippen molar-refractivity contribution in [2.45, 2.75) is 13.3 Å². The second-order valence-corrected chi connectivity index (χ2v) is 2.01. The second kappa shape index (κ2) is 3.43. The second-order valence-electron chi connectivity index (χ2n) is 2.01. The molecule has 0 aromatic rings. The monoisotopic (exact) mass is 116 g/mol. The number of carbonyl (C=O) groups is 1. The van der Waals surface area contributed by atoms with Gasteiger partial charge in [0.1, 0.15) is 0 Å². The molecule has 0 saturated heterocycles. The molecule has 0 saturated carbocycles. The average molecular weight is 116 g/mol. The Hall–Kier alpha value is -0.570. The van der Waals surface area contributed by atoms with E-state index in [1.54, 1.807) is 0 Å². The molecule has 0 spiro atoms. The van der Waals surface area contributed by atoms with E-state index in [0.29, 0.717) is 13.0 Å². The van der Waals surface area contributed by atoms with Crippen molar-refractivity contribution in [1.82, 2.24) is 0 Å². The highest BCUT2D eigenvalue weighted by Crippen LogP contribution is 1.95. The molecule has 0 heterocycles. The zero-order valence-electron chi connectivity index (χ0n) is 5.05. The molecule has 4 N–H and O–H groups in total. The van der Waals surface area contributed by atoms with Crippen molar-refractivity contribution in [3.8, 4) is 0 Å². The molecule has 3 heteroatoms. The fraction of sp³-hybridized carbons (Fsp3) is 0.800. The van der Waals surface area contributed by atoms with Crippen LogP contribution in [0.2, 0.25) is 0 Å². The van der Waals surface area contributed by atoms with E-state index in [2.05, 4.69) is 0 Å². The summed E-state index contributed by atoms with van der Waals surface area (Å²) in [6.45, 7) is 2.42. The van der Waals surface area contributed by atoms with Gasteiger partial charge in [-0.1, -0.05) is 6.92 Å². The standard InChI is InChI=1S/C5H12N2O/c1-4(3-6)2-5(7)8/h4H,2-3,6H2,1H3,(H2,7,8)/t4-/m0/s1. The highest BCUT2D eigenvalue weighted by atomic mass is 16.1. The van der Waals surface area contributed by atoms with E-state index >= 15 is 0 Å². The normalized spacial score (nSPS) is 13.2. The van der Waals surface area contributed by atoms with Gasteiger partial charge in [0.25, 0.3) is 0 Å². The van der Waals surface area contributed by atoms with Gasteiger partial charge in [0.05, 0.1) is 0 Å². The quantitative estimate of drug-likeness (QED) is 0.519. The molecule has 1 amide bonds. The van der Waals surface area contributed by atoms with Crippen LogP contribution in [0.3, 0.4) is 0 Å². The van der Waals surface area contributed by atoms with Crippen LogP contribution in [0.25, 0.3) is 0 Å². The predicted molar refractivity (Wildman–Crippen MR) is 32.0 cm³/mol. The molecule has 0 radical (unpaired) electrons. The van der Waals surface area contributed by atoms with E-state index in [9.17, 15) is 4.79 Å². The van der Waals surface area contributed by atoms with Crippen molar-refractivity contribution in [1.29, 1.82) is 0 Å². The molecular weight excluding hydrogens is 104 g/mol. The first-order valence-corrected chi connectivity index (χ1v) is 2.65. The van der Waals surface area contributed by atoms with Gasteiger partial charge < -0.3 is 11.5 Å². The van der Waals surface area contributed by atoms with Crippen LogP contribution < -0.4 is 11.5 Å². The predicted octanol–water partition coefficient (Wildman–Crippen LogP) is -0.543. The van der Waals surface area contributed by atoms with E-state index < -0.39 is 0 Å². The topological polar surface area (TPSA) is 69.1 Å². The average Bonchev–Trinajstić information content (AvgIpc) is 1.65. The molecule has 0 unspecified atom stereocenters. The number of hydrogen-bond donors (Lipinski definition) is 2. The molecule has 0 aromatic carbocycles. The fourth-order valence-electron chi connectivity index (χ4n) is 0.427. The van der Waals surface area contributed by atoms with Crippen LogP contribution in [-0.4, -0.2) is 12.5 Å². The minimum atomic E-state index is -0.275. The van der Waals surface area contributed by atoms with Crippen LogP contribution in [0.1, 0.15) is 13.3 Å². The summed E-state index contributed by atoms with van der Waals surface area (Å²) in [6, 6.07) is 0. The third-order valence-electron chi connectivity index (χ3n) is 0.952. The largest absolute Gasteiger partial charge is 0.370 e. The van der Waals surface area contributed by atoms with Gasteiger partial charge in [-0.05, 0) is 12.5 Å². The lowest BCUT2D eigenvalue weighted by molar-refractivity contribution is -0.118. The summed E-state index contributed by atoms with van der Waals surface area (Å²) in [4.78, 5) is 10.1. The maximum Gasteiger partial charge on any atom is 0.217 e. The Morgan fingerprint density at radius 3 is 2.38 bits per heavy atom. The molecule has 0 fully saturated rings. The summed E-state index contributed by atoms with van der Waals surface area (Å²) in [5, 5.41) is 0. The van der Waals surface area contributed by atoms with E-state index in [1.165, 1.54) is 0 Å². The molecule has 0 rings (SSSR count). The first kappa shape index (κ1) is 7.43. The van der Waals surface area contributed by atoms with Crippen molar-refractivity contribution < 1.29 is 4.79 Å². The van der Waals surface area contributed by atoms with Crippen LogP contribution in [0, 0.1) is 5.92 Å². The zero-order chi connectivity index (χ0) is 6.57. The lowest BCUT2D eigenvalue weighted by atomic mass is 10.1.